The number of aliphatic imine (C=N–C) groups is 1. The van der Waals surface area contributed by atoms with Crippen molar-refractivity contribution >= 4 is 41.3 Å². The van der Waals surface area contributed by atoms with Crippen LogP contribution in [-0.2, 0) is 13.1 Å². The lowest BCUT2D eigenvalue weighted by Crippen LogP contribution is -2.43. The molecule has 144 valence electrons. The van der Waals surface area contributed by atoms with E-state index in [0.29, 0.717) is 0 Å². The number of rotatable bonds is 7. The van der Waals surface area contributed by atoms with E-state index in [1.54, 1.807) is 0 Å². The summed E-state index contributed by atoms with van der Waals surface area (Å²) in [5.41, 5.74) is 0. The van der Waals surface area contributed by atoms with Crippen molar-refractivity contribution in [2.24, 2.45) is 10.9 Å². The van der Waals surface area contributed by atoms with Gasteiger partial charge in [0.05, 0.1) is 0 Å². The molecule has 3 heterocycles. The first-order chi connectivity index (χ1) is 12.3. The van der Waals surface area contributed by atoms with Gasteiger partial charge >= 0.3 is 0 Å². The summed E-state index contributed by atoms with van der Waals surface area (Å²) in [6, 6.07) is 8.49. The Kier molecular flexibility index (Phi) is 9.49. The Balaban J connectivity index is 0.00000243. The Morgan fingerprint density at radius 2 is 1.96 bits per heavy atom. The first-order valence-corrected chi connectivity index (χ1v) is 10.0. The van der Waals surface area contributed by atoms with Crippen LogP contribution in [0.25, 0.3) is 0 Å². The van der Waals surface area contributed by atoms with Crippen molar-refractivity contribution in [3.63, 3.8) is 0 Å². The molecule has 7 heteroatoms. The Bertz CT molecular complexity index is 618. The van der Waals surface area contributed by atoms with Gasteiger partial charge in [-0.1, -0.05) is 6.07 Å². The van der Waals surface area contributed by atoms with E-state index >= 15 is 0 Å². The third-order valence-electron chi connectivity index (χ3n) is 4.78. The van der Waals surface area contributed by atoms with Crippen LogP contribution in [0.1, 0.15) is 17.7 Å². The molecule has 2 aromatic heterocycles. The van der Waals surface area contributed by atoms with E-state index < -0.39 is 0 Å². The molecular formula is C19H30IN5S. The summed E-state index contributed by atoms with van der Waals surface area (Å²) in [5.74, 6) is 1.65. The highest BCUT2D eigenvalue weighted by atomic mass is 127. The molecule has 0 unspecified atom stereocenters. The van der Waals surface area contributed by atoms with Crippen molar-refractivity contribution < 1.29 is 0 Å². The monoisotopic (exact) mass is 487 g/mol. The number of hydrogen-bond donors (Lipinski definition) is 2. The van der Waals surface area contributed by atoms with Crippen LogP contribution in [0.2, 0.25) is 0 Å². The molecule has 3 rings (SSSR count). The highest BCUT2D eigenvalue weighted by molar-refractivity contribution is 14.0. The summed E-state index contributed by atoms with van der Waals surface area (Å²) in [7, 11) is 1.84. The van der Waals surface area contributed by atoms with Crippen LogP contribution in [0.15, 0.2) is 47.0 Å². The van der Waals surface area contributed by atoms with Gasteiger partial charge in [0.25, 0.3) is 0 Å². The minimum Gasteiger partial charge on any atom is -0.356 e. The summed E-state index contributed by atoms with van der Waals surface area (Å²) in [6.45, 7) is 6.35. The molecule has 0 saturated carbocycles. The molecule has 0 aromatic carbocycles. The quantitative estimate of drug-likeness (QED) is 0.358. The summed E-state index contributed by atoms with van der Waals surface area (Å²) in [5, 5.41) is 9.06. The van der Waals surface area contributed by atoms with Crippen LogP contribution >= 0.6 is 35.3 Å². The van der Waals surface area contributed by atoms with Crippen molar-refractivity contribution in [2.75, 3.05) is 33.2 Å². The fraction of sp³-hybridized carbons (Fsp3) is 0.526. The fourth-order valence-corrected chi connectivity index (χ4v) is 4.00. The van der Waals surface area contributed by atoms with Crippen LogP contribution in [0.3, 0.4) is 0 Å². The molecule has 2 aromatic rings. The predicted molar refractivity (Wildman–Crippen MR) is 122 cm³/mol. The van der Waals surface area contributed by atoms with Gasteiger partial charge in [-0.15, -0.1) is 35.3 Å². The average Bonchev–Trinajstić information content (AvgIpc) is 3.33. The number of nitrogens with one attached hydrogen (secondary N) is 2. The van der Waals surface area contributed by atoms with Crippen LogP contribution in [0.5, 0.6) is 0 Å². The fourth-order valence-electron chi connectivity index (χ4n) is 3.26. The maximum absolute atomic E-state index is 4.33. The lowest BCUT2D eigenvalue weighted by molar-refractivity contribution is 0.179. The lowest BCUT2D eigenvalue weighted by atomic mass is 9.97. The highest BCUT2D eigenvalue weighted by Crippen LogP contribution is 2.20. The zero-order valence-electron chi connectivity index (χ0n) is 15.4. The minimum atomic E-state index is 0. The Morgan fingerprint density at radius 1 is 1.19 bits per heavy atom. The Morgan fingerprint density at radius 3 is 2.62 bits per heavy atom. The van der Waals surface area contributed by atoms with Gasteiger partial charge in [-0.25, -0.2) is 0 Å². The second-order valence-corrected chi connectivity index (χ2v) is 7.63. The molecule has 0 aliphatic carbocycles. The number of hydrogen-bond acceptors (Lipinski definition) is 3. The number of thiophene rings is 1. The van der Waals surface area contributed by atoms with Gasteiger partial charge in [0, 0.05) is 50.5 Å². The Labute approximate surface area is 177 Å². The summed E-state index contributed by atoms with van der Waals surface area (Å²) < 4.78 is 2.17. The number of aromatic nitrogens is 1. The second kappa shape index (κ2) is 11.6. The topological polar surface area (TPSA) is 44.6 Å². The third kappa shape index (κ3) is 6.92. The maximum atomic E-state index is 4.33. The molecule has 1 aliphatic heterocycles. The Hall–Kier alpha value is -1.06. The van der Waals surface area contributed by atoms with Crippen molar-refractivity contribution in [1.82, 2.24) is 20.1 Å². The van der Waals surface area contributed by atoms with E-state index in [1.807, 2.05) is 18.4 Å². The molecule has 0 spiro atoms. The van der Waals surface area contributed by atoms with Crippen LogP contribution in [0, 0.1) is 5.92 Å². The molecule has 0 bridgehead atoms. The molecule has 0 atom stereocenters. The standard InChI is InChI=1S/C19H29N5S.HI/c1-20-19(21-8-13-23-9-2-3-10-23)22-15-17-6-11-24(12-7-17)16-18-5-4-14-25-18;/h2-5,9-10,14,17H,6-8,11-13,15-16H2,1H3,(H2,20,21,22);1H. The minimum absolute atomic E-state index is 0. The largest absolute Gasteiger partial charge is 0.356 e. The van der Waals surface area contributed by atoms with Gasteiger partial charge in [0.15, 0.2) is 5.96 Å². The van der Waals surface area contributed by atoms with E-state index in [4.69, 9.17) is 0 Å². The molecule has 1 saturated heterocycles. The van der Waals surface area contributed by atoms with Gasteiger partial charge in [0.2, 0.25) is 0 Å². The van der Waals surface area contributed by atoms with Crippen molar-refractivity contribution in [2.45, 2.75) is 25.9 Å². The molecular weight excluding hydrogens is 457 g/mol. The van der Waals surface area contributed by atoms with E-state index in [2.05, 4.69) is 67.1 Å². The van der Waals surface area contributed by atoms with Gasteiger partial charge < -0.3 is 15.2 Å². The molecule has 1 aliphatic rings. The number of likely N-dealkylation sites (tertiary alicyclic amines) is 1. The molecule has 0 amide bonds. The van der Waals surface area contributed by atoms with E-state index in [9.17, 15) is 0 Å². The smallest absolute Gasteiger partial charge is 0.191 e. The first kappa shape index (κ1) is 21.2. The highest BCUT2D eigenvalue weighted by Gasteiger charge is 2.19. The zero-order valence-corrected chi connectivity index (χ0v) is 18.6. The number of guanidine groups is 1. The SMILES string of the molecule is CN=C(NCCn1cccc1)NCC1CCN(Cc2cccs2)CC1.I. The van der Waals surface area contributed by atoms with Gasteiger partial charge in [-0.05, 0) is 55.4 Å². The normalized spacial score (nSPS) is 16.3. The zero-order chi connectivity index (χ0) is 17.3. The first-order valence-electron chi connectivity index (χ1n) is 9.13. The predicted octanol–water partition coefficient (Wildman–Crippen LogP) is 3.24. The van der Waals surface area contributed by atoms with Crippen LogP contribution in [-0.4, -0.2) is 48.7 Å². The van der Waals surface area contributed by atoms with Crippen molar-refractivity contribution in [3.8, 4) is 0 Å². The maximum Gasteiger partial charge on any atom is 0.191 e. The van der Waals surface area contributed by atoms with E-state index in [-0.39, 0.29) is 24.0 Å². The van der Waals surface area contributed by atoms with Crippen molar-refractivity contribution in [3.05, 3.63) is 46.9 Å². The molecule has 26 heavy (non-hydrogen) atoms. The second-order valence-electron chi connectivity index (χ2n) is 6.60. The summed E-state index contributed by atoms with van der Waals surface area (Å²) in [4.78, 5) is 8.38. The number of piperidine rings is 1. The molecule has 2 N–H and O–H groups in total. The molecule has 1 fully saturated rings. The van der Waals surface area contributed by atoms with Crippen LogP contribution < -0.4 is 10.6 Å². The third-order valence-corrected chi connectivity index (χ3v) is 5.64. The van der Waals surface area contributed by atoms with Crippen molar-refractivity contribution in [1.29, 1.82) is 0 Å². The number of nitrogens with zero attached hydrogens (tertiary/aromatic N) is 3. The van der Waals surface area contributed by atoms with Gasteiger partial charge in [-0.2, -0.15) is 0 Å². The van der Waals surface area contributed by atoms with Gasteiger partial charge in [-0.3, -0.25) is 9.89 Å². The molecule has 0 radical (unpaired) electrons. The number of halogens is 1. The van der Waals surface area contributed by atoms with E-state index in [0.717, 1.165) is 38.1 Å². The molecule has 5 nitrogen and oxygen atoms in total. The average molecular weight is 487 g/mol. The summed E-state index contributed by atoms with van der Waals surface area (Å²) in [6.07, 6.45) is 6.70. The van der Waals surface area contributed by atoms with E-state index in [1.165, 1.54) is 30.8 Å². The lowest BCUT2D eigenvalue weighted by Gasteiger charge is -2.32. The summed E-state index contributed by atoms with van der Waals surface area (Å²) >= 11 is 1.86. The van der Waals surface area contributed by atoms with Gasteiger partial charge in [0.1, 0.15) is 0 Å². The van der Waals surface area contributed by atoms with Crippen LogP contribution in [0.4, 0.5) is 0 Å².